The summed E-state index contributed by atoms with van der Waals surface area (Å²) in [5.74, 6) is 0.568. The summed E-state index contributed by atoms with van der Waals surface area (Å²) in [6.45, 7) is 5.71. The van der Waals surface area contributed by atoms with Crippen LogP contribution in [-0.4, -0.2) is 12.2 Å². The van der Waals surface area contributed by atoms with Gasteiger partial charge in [0.2, 0.25) is 0 Å². The minimum Gasteiger partial charge on any atom is -0.504 e. The monoisotopic (exact) mass is 207 g/mol. The van der Waals surface area contributed by atoms with Gasteiger partial charge in [0, 0.05) is 11.6 Å². The molecule has 3 nitrogen and oxygen atoms in total. The van der Waals surface area contributed by atoms with Crippen molar-refractivity contribution in [3.8, 4) is 11.5 Å². The Morgan fingerprint density at radius 1 is 1.60 bits per heavy atom. The number of methoxy groups -OCH3 is 1. The average Bonchev–Trinajstić information content (AvgIpc) is 2.17. The Bertz CT molecular complexity index is 361. The van der Waals surface area contributed by atoms with Gasteiger partial charge in [-0.3, -0.25) is 0 Å². The minimum atomic E-state index is -0.238. The van der Waals surface area contributed by atoms with Crippen LogP contribution in [0.15, 0.2) is 30.4 Å². The van der Waals surface area contributed by atoms with Crippen molar-refractivity contribution in [3.05, 3.63) is 35.9 Å². The van der Waals surface area contributed by atoms with Crippen LogP contribution in [0.25, 0.3) is 0 Å². The standard InChI is InChI=1S/C12H17NO2/c1-8(2)7-10(13)9-5-4-6-11(15-3)12(9)14/h4-6,10,14H,1,7,13H2,2-3H3/t10-/m0/s1. The molecule has 0 spiro atoms. The predicted octanol–water partition coefficient (Wildman–Crippen LogP) is 2.37. The lowest BCUT2D eigenvalue weighted by Gasteiger charge is -2.15. The van der Waals surface area contributed by atoms with Crippen molar-refractivity contribution in [2.24, 2.45) is 5.73 Å². The normalized spacial score (nSPS) is 12.2. The van der Waals surface area contributed by atoms with Crippen molar-refractivity contribution >= 4 is 0 Å². The van der Waals surface area contributed by atoms with E-state index in [2.05, 4.69) is 6.58 Å². The Labute approximate surface area is 90.2 Å². The van der Waals surface area contributed by atoms with Gasteiger partial charge in [0.25, 0.3) is 0 Å². The molecule has 0 fully saturated rings. The summed E-state index contributed by atoms with van der Waals surface area (Å²) in [5.41, 5.74) is 7.63. The van der Waals surface area contributed by atoms with Crippen LogP contribution in [0.2, 0.25) is 0 Å². The van der Waals surface area contributed by atoms with E-state index >= 15 is 0 Å². The maximum absolute atomic E-state index is 9.84. The number of hydrogen-bond acceptors (Lipinski definition) is 3. The number of para-hydroxylation sites is 1. The molecule has 0 heterocycles. The molecule has 0 aliphatic heterocycles. The van der Waals surface area contributed by atoms with Gasteiger partial charge in [-0.1, -0.05) is 17.7 Å². The lowest BCUT2D eigenvalue weighted by atomic mass is 10.00. The Balaban J connectivity index is 2.98. The van der Waals surface area contributed by atoms with Gasteiger partial charge in [-0.25, -0.2) is 0 Å². The highest BCUT2D eigenvalue weighted by molar-refractivity contribution is 5.46. The summed E-state index contributed by atoms with van der Waals surface area (Å²) >= 11 is 0. The molecule has 1 rings (SSSR count). The molecule has 0 saturated heterocycles. The van der Waals surface area contributed by atoms with Gasteiger partial charge in [0.1, 0.15) is 0 Å². The molecule has 1 aromatic carbocycles. The second kappa shape index (κ2) is 4.84. The van der Waals surface area contributed by atoms with E-state index in [9.17, 15) is 5.11 Å². The highest BCUT2D eigenvalue weighted by Gasteiger charge is 2.13. The lowest BCUT2D eigenvalue weighted by molar-refractivity contribution is 0.368. The van der Waals surface area contributed by atoms with Crippen LogP contribution in [0, 0.1) is 0 Å². The van der Waals surface area contributed by atoms with Gasteiger partial charge >= 0.3 is 0 Å². The number of ether oxygens (including phenoxy) is 1. The van der Waals surface area contributed by atoms with Gasteiger partial charge < -0.3 is 15.6 Å². The molecule has 0 aliphatic rings. The fraction of sp³-hybridized carbons (Fsp3) is 0.333. The zero-order valence-electron chi connectivity index (χ0n) is 9.16. The molecular weight excluding hydrogens is 190 g/mol. The molecule has 3 N–H and O–H groups in total. The molecule has 15 heavy (non-hydrogen) atoms. The molecule has 1 aromatic rings. The first-order valence-corrected chi connectivity index (χ1v) is 4.82. The number of phenols is 1. The summed E-state index contributed by atoms with van der Waals surface area (Å²) in [7, 11) is 1.52. The number of hydrogen-bond donors (Lipinski definition) is 2. The molecule has 0 bridgehead atoms. The number of rotatable bonds is 4. The Hall–Kier alpha value is -1.48. The largest absolute Gasteiger partial charge is 0.504 e. The van der Waals surface area contributed by atoms with Crippen LogP contribution in [0.3, 0.4) is 0 Å². The van der Waals surface area contributed by atoms with Crippen LogP contribution < -0.4 is 10.5 Å². The predicted molar refractivity (Wildman–Crippen MR) is 61.0 cm³/mol. The highest BCUT2D eigenvalue weighted by Crippen LogP contribution is 2.34. The SMILES string of the molecule is C=C(C)C[C@H](N)c1cccc(OC)c1O. The lowest BCUT2D eigenvalue weighted by Crippen LogP contribution is -2.10. The zero-order chi connectivity index (χ0) is 11.4. The fourth-order valence-corrected chi connectivity index (χ4v) is 1.49. The van der Waals surface area contributed by atoms with E-state index in [-0.39, 0.29) is 11.8 Å². The fourth-order valence-electron chi connectivity index (χ4n) is 1.49. The van der Waals surface area contributed by atoms with Crippen LogP contribution in [0.5, 0.6) is 11.5 Å². The van der Waals surface area contributed by atoms with E-state index in [0.29, 0.717) is 17.7 Å². The maximum Gasteiger partial charge on any atom is 0.162 e. The number of nitrogens with two attached hydrogens (primary N) is 1. The Morgan fingerprint density at radius 2 is 2.27 bits per heavy atom. The van der Waals surface area contributed by atoms with Crippen molar-refractivity contribution in [2.45, 2.75) is 19.4 Å². The third-order valence-corrected chi connectivity index (χ3v) is 2.22. The summed E-state index contributed by atoms with van der Waals surface area (Å²) in [6, 6.07) is 5.07. The summed E-state index contributed by atoms with van der Waals surface area (Å²) in [6.07, 6.45) is 0.653. The summed E-state index contributed by atoms with van der Waals surface area (Å²) in [5, 5.41) is 9.84. The van der Waals surface area contributed by atoms with E-state index < -0.39 is 0 Å². The van der Waals surface area contributed by atoms with Gasteiger partial charge in [0.15, 0.2) is 11.5 Å². The average molecular weight is 207 g/mol. The molecule has 0 saturated carbocycles. The van der Waals surface area contributed by atoms with Crippen molar-refractivity contribution in [1.82, 2.24) is 0 Å². The van der Waals surface area contributed by atoms with E-state index in [1.807, 2.05) is 13.0 Å². The molecule has 0 radical (unpaired) electrons. The molecule has 0 amide bonds. The van der Waals surface area contributed by atoms with Crippen molar-refractivity contribution in [1.29, 1.82) is 0 Å². The van der Waals surface area contributed by atoms with E-state index in [1.54, 1.807) is 12.1 Å². The molecule has 1 atom stereocenters. The quantitative estimate of drug-likeness (QED) is 0.745. The third-order valence-electron chi connectivity index (χ3n) is 2.22. The minimum absolute atomic E-state index is 0.119. The second-order valence-electron chi connectivity index (χ2n) is 3.67. The Kier molecular flexibility index (Phi) is 3.74. The second-order valence-corrected chi connectivity index (χ2v) is 3.67. The molecular formula is C12H17NO2. The third kappa shape index (κ3) is 2.73. The van der Waals surface area contributed by atoms with Gasteiger partial charge in [-0.05, 0) is 19.4 Å². The topological polar surface area (TPSA) is 55.5 Å². The van der Waals surface area contributed by atoms with Crippen LogP contribution in [0.1, 0.15) is 24.9 Å². The van der Waals surface area contributed by atoms with Crippen molar-refractivity contribution in [2.75, 3.05) is 7.11 Å². The number of aromatic hydroxyl groups is 1. The molecule has 0 aliphatic carbocycles. The van der Waals surface area contributed by atoms with Gasteiger partial charge in [0.05, 0.1) is 7.11 Å². The first kappa shape index (κ1) is 11.6. The first-order valence-electron chi connectivity index (χ1n) is 4.82. The summed E-state index contributed by atoms with van der Waals surface area (Å²) in [4.78, 5) is 0. The Morgan fingerprint density at radius 3 is 2.80 bits per heavy atom. The van der Waals surface area contributed by atoms with E-state index in [0.717, 1.165) is 5.57 Å². The molecule has 0 aromatic heterocycles. The van der Waals surface area contributed by atoms with Gasteiger partial charge in [-0.15, -0.1) is 6.58 Å². The highest BCUT2D eigenvalue weighted by atomic mass is 16.5. The first-order chi connectivity index (χ1) is 7.06. The molecule has 3 heteroatoms. The zero-order valence-corrected chi connectivity index (χ0v) is 9.16. The van der Waals surface area contributed by atoms with Crippen molar-refractivity contribution in [3.63, 3.8) is 0 Å². The maximum atomic E-state index is 9.84. The van der Waals surface area contributed by atoms with Crippen LogP contribution >= 0.6 is 0 Å². The van der Waals surface area contributed by atoms with E-state index in [4.69, 9.17) is 10.5 Å². The number of phenolic OH excluding ortho intramolecular Hbond substituents is 1. The van der Waals surface area contributed by atoms with Gasteiger partial charge in [-0.2, -0.15) is 0 Å². The van der Waals surface area contributed by atoms with Crippen LogP contribution in [-0.2, 0) is 0 Å². The molecule has 0 unspecified atom stereocenters. The summed E-state index contributed by atoms with van der Waals surface area (Å²) < 4.78 is 5.01. The molecule has 82 valence electrons. The number of benzene rings is 1. The van der Waals surface area contributed by atoms with E-state index in [1.165, 1.54) is 7.11 Å². The van der Waals surface area contributed by atoms with Crippen LogP contribution in [0.4, 0.5) is 0 Å². The van der Waals surface area contributed by atoms with Crippen molar-refractivity contribution < 1.29 is 9.84 Å². The smallest absolute Gasteiger partial charge is 0.162 e.